The molecule has 1 aliphatic rings. The summed E-state index contributed by atoms with van der Waals surface area (Å²) in [6.07, 6.45) is 2.21. The fourth-order valence-corrected chi connectivity index (χ4v) is 1.88. The van der Waals surface area contributed by atoms with Crippen molar-refractivity contribution in [1.29, 1.82) is 0 Å². The molecule has 0 saturated heterocycles. The second-order valence-electron chi connectivity index (χ2n) is 3.85. The van der Waals surface area contributed by atoms with Crippen LogP contribution in [0.25, 0.3) is 0 Å². The highest BCUT2D eigenvalue weighted by molar-refractivity contribution is 5.85. The zero-order chi connectivity index (χ0) is 9.26. The Balaban J connectivity index is 0.000000980. The quantitative estimate of drug-likeness (QED) is 0.745. The molecule has 76 valence electrons. The largest absolute Gasteiger partial charge is 0.324 e. The molecule has 2 rings (SSSR count). The van der Waals surface area contributed by atoms with Gasteiger partial charge in [0.25, 0.3) is 0 Å². The summed E-state index contributed by atoms with van der Waals surface area (Å²) in [5.41, 5.74) is 8.72. The van der Waals surface area contributed by atoms with Crippen LogP contribution in [0.3, 0.4) is 0 Å². The number of allylic oxidation sites excluding steroid dienone is 1. The average molecular weight is 210 g/mol. The minimum atomic E-state index is 0. The van der Waals surface area contributed by atoms with E-state index in [1.807, 2.05) is 18.2 Å². The van der Waals surface area contributed by atoms with Crippen molar-refractivity contribution in [3.8, 4) is 0 Å². The third-order valence-electron chi connectivity index (χ3n) is 2.79. The normalized spacial score (nSPS) is 18.2. The first-order valence-electron chi connectivity index (χ1n) is 4.74. The van der Waals surface area contributed by atoms with E-state index in [0.29, 0.717) is 5.92 Å². The van der Waals surface area contributed by atoms with Gasteiger partial charge in [-0.3, -0.25) is 0 Å². The molecule has 0 aliphatic heterocycles. The van der Waals surface area contributed by atoms with Crippen LogP contribution in [0.5, 0.6) is 0 Å². The molecule has 14 heavy (non-hydrogen) atoms. The monoisotopic (exact) mass is 209 g/mol. The van der Waals surface area contributed by atoms with Crippen molar-refractivity contribution >= 4 is 12.4 Å². The summed E-state index contributed by atoms with van der Waals surface area (Å²) in [6.45, 7) is 3.93. The zero-order valence-corrected chi connectivity index (χ0v) is 8.96. The molecule has 1 fully saturated rings. The van der Waals surface area contributed by atoms with Crippen molar-refractivity contribution < 1.29 is 0 Å². The van der Waals surface area contributed by atoms with Crippen LogP contribution in [0.15, 0.2) is 42.5 Å². The maximum atomic E-state index is 6.12. The SMILES string of the molecule is C=C1CC(C(N)c2ccccc2)C1.Cl. The maximum absolute atomic E-state index is 6.12. The second-order valence-corrected chi connectivity index (χ2v) is 3.85. The van der Waals surface area contributed by atoms with Crippen LogP contribution in [0.2, 0.25) is 0 Å². The van der Waals surface area contributed by atoms with Gasteiger partial charge in [0.2, 0.25) is 0 Å². The van der Waals surface area contributed by atoms with Crippen LogP contribution in [-0.2, 0) is 0 Å². The van der Waals surface area contributed by atoms with Gasteiger partial charge in [-0.05, 0) is 24.3 Å². The van der Waals surface area contributed by atoms with Crippen LogP contribution in [0, 0.1) is 5.92 Å². The summed E-state index contributed by atoms with van der Waals surface area (Å²) in [6, 6.07) is 10.5. The molecule has 0 spiro atoms. The molecular weight excluding hydrogens is 194 g/mol. The number of hydrogen-bond acceptors (Lipinski definition) is 1. The van der Waals surface area contributed by atoms with Crippen LogP contribution < -0.4 is 5.73 Å². The molecule has 0 bridgehead atoms. The van der Waals surface area contributed by atoms with Crippen LogP contribution in [-0.4, -0.2) is 0 Å². The molecule has 0 amide bonds. The molecule has 2 N–H and O–H groups in total. The van der Waals surface area contributed by atoms with Gasteiger partial charge < -0.3 is 5.73 Å². The van der Waals surface area contributed by atoms with Crippen molar-refractivity contribution in [3.05, 3.63) is 48.0 Å². The Morgan fingerprint density at radius 2 is 1.79 bits per heavy atom. The van der Waals surface area contributed by atoms with Crippen molar-refractivity contribution in [2.75, 3.05) is 0 Å². The summed E-state index contributed by atoms with van der Waals surface area (Å²) < 4.78 is 0. The van der Waals surface area contributed by atoms with E-state index in [0.717, 1.165) is 12.8 Å². The van der Waals surface area contributed by atoms with E-state index < -0.39 is 0 Å². The lowest BCUT2D eigenvalue weighted by atomic mass is 9.74. The molecule has 1 aromatic rings. The lowest BCUT2D eigenvalue weighted by Gasteiger charge is -2.33. The standard InChI is InChI=1S/C12H15N.ClH/c1-9-7-11(8-9)12(13)10-5-3-2-4-6-10;/h2-6,11-12H,1,7-8,13H2;1H. The predicted octanol–water partition coefficient (Wildman–Crippen LogP) is 3.07. The van der Waals surface area contributed by atoms with Gasteiger partial charge in [0.1, 0.15) is 0 Å². The van der Waals surface area contributed by atoms with E-state index in [1.54, 1.807) is 0 Å². The lowest BCUT2D eigenvalue weighted by Crippen LogP contribution is -2.28. The van der Waals surface area contributed by atoms with Gasteiger partial charge in [0.05, 0.1) is 0 Å². The van der Waals surface area contributed by atoms with Gasteiger partial charge in [0, 0.05) is 6.04 Å². The van der Waals surface area contributed by atoms with E-state index in [4.69, 9.17) is 5.73 Å². The summed E-state index contributed by atoms with van der Waals surface area (Å²) in [7, 11) is 0. The van der Waals surface area contributed by atoms with Crippen molar-refractivity contribution in [3.63, 3.8) is 0 Å². The fraction of sp³-hybridized carbons (Fsp3) is 0.333. The molecule has 1 aliphatic carbocycles. The van der Waals surface area contributed by atoms with Crippen LogP contribution in [0.4, 0.5) is 0 Å². The third-order valence-corrected chi connectivity index (χ3v) is 2.79. The molecule has 1 unspecified atom stereocenters. The molecule has 1 saturated carbocycles. The zero-order valence-electron chi connectivity index (χ0n) is 8.15. The third kappa shape index (κ3) is 2.17. The first-order valence-corrected chi connectivity index (χ1v) is 4.74. The summed E-state index contributed by atoms with van der Waals surface area (Å²) in [4.78, 5) is 0. The summed E-state index contributed by atoms with van der Waals surface area (Å²) in [5.74, 6) is 0.620. The molecule has 2 heteroatoms. The van der Waals surface area contributed by atoms with Crippen molar-refractivity contribution in [2.24, 2.45) is 11.7 Å². The van der Waals surface area contributed by atoms with Crippen molar-refractivity contribution in [2.45, 2.75) is 18.9 Å². The lowest BCUT2D eigenvalue weighted by molar-refractivity contribution is 0.348. The van der Waals surface area contributed by atoms with E-state index in [9.17, 15) is 0 Å². The van der Waals surface area contributed by atoms with Gasteiger partial charge in [-0.2, -0.15) is 0 Å². The highest BCUT2D eigenvalue weighted by Gasteiger charge is 2.27. The van der Waals surface area contributed by atoms with Gasteiger partial charge in [-0.25, -0.2) is 0 Å². The molecule has 0 aromatic heterocycles. The van der Waals surface area contributed by atoms with E-state index >= 15 is 0 Å². The molecule has 0 heterocycles. The van der Waals surface area contributed by atoms with Crippen molar-refractivity contribution in [1.82, 2.24) is 0 Å². The van der Waals surface area contributed by atoms with Crippen LogP contribution >= 0.6 is 12.4 Å². The topological polar surface area (TPSA) is 26.0 Å². The molecule has 1 aromatic carbocycles. The fourth-order valence-electron chi connectivity index (χ4n) is 1.88. The summed E-state index contributed by atoms with van der Waals surface area (Å²) in [5, 5.41) is 0. The smallest absolute Gasteiger partial charge is 0.0329 e. The van der Waals surface area contributed by atoms with Gasteiger partial charge in [-0.15, -0.1) is 12.4 Å². The highest BCUT2D eigenvalue weighted by atomic mass is 35.5. The number of hydrogen-bond donors (Lipinski definition) is 1. The molecule has 1 nitrogen and oxygen atoms in total. The Morgan fingerprint density at radius 3 is 2.29 bits per heavy atom. The first-order chi connectivity index (χ1) is 6.27. The molecule has 0 radical (unpaired) electrons. The Labute approximate surface area is 91.4 Å². The van der Waals surface area contributed by atoms with Gasteiger partial charge in [-0.1, -0.05) is 42.5 Å². The Kier molecular flexibility index (Phi) is 3.73. The van der Waals surface area contributed by atoms with Crippen LogP contribution in [0.1, 0.15) is 24.4 Å². The van der Waals surface area contributed by atoms with Gasteiger partial charge in [0.15, 0.2) is 0 Å². The maximum Gasteiger partial charge on any atom is 0.0329 e. The molecule has 1 atom stereocenters. The number of benzene rings is 1. The second kappa shape index (κ2) is 4.63. The minimum absolute atomic E-state index is 0. The first kappa shape index (κ1) is 11.3. The van der Waals surface area contributed by atoms with E-state index in [1.165, 1.54) is 11.1 Å². The average Bonchev–Trinajstić information content (AvgIpc) is 2.13. The molecular formula is C12H16ClN. The number of halogens is 1. The Bertz CT molecular complexity index is 299. The van der Waals surface area contributed by atoms with E-state index in [2.05, 4.69) is 18.7 Å². The highest BCUT2D eigenvalue weighted by Crippen LogP contribution is 2.39. The Morgan fingerprint density at radius 1 is 1.21 bits per heavy atom. The van der Waals surface area contributed by atoms with E-state index in [-0.39, 0.29) is 18.4 Å². The Hall–Kier alpha value is -0.790. The predicted molar refractivity (Wildman–Crippen MR) is 62.5 cm³/mol. The number of nitrogens with two attached hydrogens (primary N) is 1. The van der Waals surface area contributed by atoms with Gasteiger partial charge >= 0.3 is 0 Å². The summed E-state index contributed by atoms with van der Waals surface area (Å²) >= 11 is 0. The number of rotatable bonds is 2. The minimum Gasteiger partial charge on any atom is -0.324 e.